The smallest absolute Gasteiger partial charge is 0.387 e. The summed E-state index contributed by atoms with van der Waals surface area (Å²) < 4.78 is 51.7. The minimum Gasteiger partial charge on any atom is -0.387 e. The second-order valence-corrected chi connectivity index (χ2v) is 3.69. The molecule has 0 saturated carbocycles. The van der Waals surface area contributed by atoms with Crippen LogP contribution >= 0.6 is 22.6 Å². The van der Waals surface area contributed by atoms with Crippen molar-refractivity contribution in [2.45, 2.75) is 13.0 Å². The third-order valence-corrected chi connectivity index (χ3v) is 2.83. The molecule has 0 bridgehead atoms. The van der Waals surface area contributed by atoms with E-state index in [0.717, 1.165) is 6.20 Å². The lowest BCUT2D eigenvalue weighted by Crippen LogP contribution is -2.19. The Bertz CT molecular complexity index is 408. The molecule has 16 heavy (non-hydrogen) atoms. The molecule has 0 fully saturated rings. The van der Waals surface area contributed by atoms with Crippen molar-refractivity contribution < 1.29 is 27.1 Å². The monoisotopic (exact) mass is 349 g/mol. The third kappa shape index (κ3) is 3.03. The summed E-state index contributed by atoms with van der Waals surface area (Å²) >= 11 is 1.56. The minimum absolute atomic E-state index is 0.0391. The number of halogens is 5. The number of alkyl halides is 4. The van der Waals surface area contributed by atoms with Gasteiger partial charge in [0.2, 0.25) is 5.88 Å². The molecule has 1 aromatic heterocycles. The second kappa shape index (κ2) is 4.93. The summed E-state index contributed by atoms with van der Waals surface area (Å²) in [5.74, 6) is -0.871. The lowest BCUT2D eigenvalue weighted by Gasteiger charge is -2.11. The van der Waals surface area contributed by atoms with Crippen LogP contribution in [0.25, 0.3) is 0 Å². The van der Waals surface area contributed by atoms with Gasteiger partial charge >= 0.3 is 6.36 Å². The summed E-state index contributed by atoms with van der Waals surface area (Å²) in [7, 11) is 0. The molecule has 0 radical (unpaired) electrons. The van der Waals surface area contributed by atoms with Gasteiger partial charge in [-0.2, -0.15) is 0 Å². The van der Waals surface area contributed by atoms with Gasteiger partial charge in [-0.1, -0.05) is 0 Å². The fraction of sp³-hybridized carbons (Fsp3) is 0.250. The van der Waals surface area contributed by atoms with Crippen LogP contribution in [0, 0.1) is 3.57 Å². The van der Waals surface area contributed by atoms with E-state index in [4.69, 9.17) is 0 Å². The Hall–Kier alpha value is -0.930. The van der Waals surface area contributed by atoms with E-state index in [9.17, 15) is 22.4 Å². The highest BCUT2D eigenvalue weighted by Crippen LogP contribution is 2.28. The van der Waals surface area contributed by atoms with E-state index in [-0.39, 0.29) is 15.4 Å². The van der Waals surface area contributed by atoms with Crippen LogP contribution in [-0.2, 0) is 6.67 Å². The van der Waals surface area contributed by atoms with Gasteiger partial charge in [0.1, 0.15) is 6.67 Å². The van der Waals surface area contributed by atoms with Crippen molar-refractivity contribution in [3.63, 3.8) is 0 Å². The highest BCUT2D eigenvalue weighted by atomic mass is 127. The van der Waals surface area contributed by atoms with Crippen molar-refractivity contribution in [3.8, 4) is 5.88 Å². The van der Waals surface area contributed by atoms with Crippen molar-refractivity contribution in [2.24, 2.45) is 0 Å². The molecular formula is C8H4F4INO2. The van der Waals surface area contributed by atoms with Crippen molar-refractivity contribution in [2.75, 3.05) is 0 Å². The number of nitrogens with zero attached hydrogens (tertiary/aromatic N) is 1. The molecule has 0 atom stereocenters. The van der Waals surface area contributed by atoms with Gasteiger partial charge in [-0.05, 0) is 22.6 Å². The van der Waals surface area contributed by atoms with Crippen LogP contribution in [0.1, 0.15) is 15.9 Å². The Kier molecular flexibility index (Phi) is 4.05. The van der Waals surface area contributed by atoms with Gasteiger partial charge < -0.3 is 4.74 Å². The van der Waals surface area contributed by atoms with Crippen molar-refractivity contribution in [3.05, 3.63) is 20.9 Å². The molecular weight excluding hydrogens is 345 g/mol. The zero-order valence-electron chi connectivity index (χ0n) is 7.52. The highest BCUT2D eigenvalue weighted by Gasteiger charge is 2.33. The molecule has 3 nitrogen and oxygen atoms in total. The van der Waals surface area contributed by atoms with Gasteiger partial charge in [0.05, 0.1) is 5.56 Å². The average Bonchev–Trinajstić information content (AvgIpc) is 2.16. The lowest BCUT2D eigenvalue weighted by molar-refractivity contribution is -0.276. The molecule has 1 rings (SSSR count). The maximum Gasteiger partial charge on any atom is 0.574 e. The Morgan fingerprint density at radius 2 is 2.12 bits per heavy atom. The molecule has 0 aliphatic rings. The maximum atomic E-state index is 12.3. The predicted octanol–water partition coefficient (Wildman–Crippen LogP) is 2.87. The van der Waals surface area contributed by atoms with Crippen LogP contribution in [0.5, 0.6) is 5.88 Å². The topological polar surface area (TPSA) is 39.2 Å². The number of hydrogen-bond acceptors (Lipinski definition) is 3. The van der Waals surface area contributed by atoms with Crippen LogP contribution in [-0.4, -0.2) is 17.6 Å². The number of aromatic nitrogens is 1. The SMILES string of the molecule is O=Cc1c(OC(F)(F)F)ncc(CF)c1I. The molecule has 0 amide bonds. The van der Waals surface area contributed by atoms with Gasteiger partial charge in [-0.25, -0.2) is 9.37 Å². The van der Waals surface area contributed by atoms with Crippen LogP contribution < -0.4 is 4.74 Å². The quantitative estimate of drug-likeness (QED) is 0.479. The zero-order chi connectivity index (χ0) is 12.3. The molecule has 0 aliphatic heterocycles. The molecule has 0 aliphatic carbocycles. The number of carbonyl (C=O) groups is 1. The summed E-state index contributed by atoms with van der Waals surface area (Å²) in [4.78, 5) is 13.8. The predicted molar refractivity (Wildman–Crippen MR) is 53.8 cm³/mol. The van der Waals surface area contributed by atoms with Crippen LogP contribution in [0.15, 0.2) is 6.20 Å². The second-order valence-electron chi connectivity index (χ2n) is 2.62. The van der Waals surface area contributed by atoms with Crippen LogP contribution in [0.4, 0.5) is 17.6 Å². The number of rotatable bonds is 3. The molecule has 0 aromatic carbocycles. The van der Waals surface area contributed by atoms with E-state index < -0.39 is 24.5 Å². The van der Waals surface area contributed by atoms with Crippen molar-refractivity contribution >= 4 is 28.9 Å². The number of aldehydes is 1. The van der Waals surface area contributed by atoms with Gasteiger partial charge in [-0.3, -0.25) is 4.79 Å². The zero-order valence-corrected chi connectivity index (χ0v) is 9.67. The standard InChI is InChI=1S/C8H4F4INO2/c9-1-4-2-14-7(16-8(10,11)12)5(3-15)6(4)13/h2-3H,1H2. The van der Waals surface area contributed by atoms with Gasteiger partial charge in [0, 0.05) is 15.3 Å². The van der Waals surface area contributed by atoms with Crippen LogP contribution in [0.2, 0.25) is 0 Å². The highest BCUT2D eigenvalue weighted by molar-refractivity contribution is 14.1. The van der Waals surface area contributed by atoms with E-state index in [0.29, 0.717) is 0 Å². The fourth-order valence-electron chi connectivity index (χ4n) is 0.916. The summed E-state index contributed by atoms with van der Waals surface area (Å²) in [5.41, 5.74) is -0.370. The van der Waals surface area contributed by atoms with Crippen LogP contribution in [0.3, 0.4) is 0 Å². The molecule has 0 unspecified atom stereocenters. The van der Waals surface area contributed by atoms with E-state index >= 15 is 0 Å². The van der Waals surface area contributed by atoms with Crippen molar-refractivity contribution in [1.82, 2.24) is 4.98 Å². The van der Waals surface area contributed by atoms with E-state index in [1.807, 2.05) is 0 Å². The summed E-state index contributed by atoms with van der Waals surface area (Å²) in [6.07, 6.45) is -3.89. The molecule has 0 N–H and O–H groups in total. The number of hydrogen-bond donors (Lipinski definition) is 0. The fourth-order valence-corrected chi connectivity index (χ4v) is 1.56. The maximum absolute atomic E-state index is 12.3. The third-order valence-electron chi connectivity index (χ3n) is 1.56. The average molecular weight is 349 g/mol. The summed E-state index contributed by atoms with van der Waals surface area (Å²) in [6.45, 7) is -0.918. The molecule has 8 heteroatoms. The van der Waals surface area contributed by atoms with Crippen molar-refractivity contribution in [1.29, 1.82) is 0 Å². The normalized spacial score (nSPS) is 11.3. The van der Waals surface area contributed by atoms with Gasteiger partial charge in [-0.15, -0.1) is 13.2 Å². The number of pyridine rings is 1. The largest absolute Gasteiger partial charge is 0.574 e. The molecule has 0 saturated heterocycles. The minimum atomic E-state index is -4.94. The molecule has 0 spiro atoms. The summed E-state index contributed by atoms with van der Waals surface area (Å²) in [5, 5.41) is 0. The number of carbonyl (C=O) groups excluding carboxylic acids is 1. The lowest BCUT2D eigenvalue weighted by atomic mass is 10.2. The van der Waals surface area contributed by atoms with Gasteiger partial charge in [0.25, 0.3) is 0 Å². The molecule has 1 heterocycles. The van der Waals surface area contributed by atoms with E-state index in [2.05, 4.69) is 9.72 Å². The first-order valence-corrected chi connectivity index (χ1v) is 4.91. The van der Waals surface area contributed by atoms with Gasteiger partial charge in [0.15, 0.2) is 6.29 Å². The molecule has 88 valence electrons. The summed E-state index contributed by atoms with van der Waals surface area (Å²) in [6, 6.07) is 0. The first kappa shape index (κ1) is 13.1. The first-order chi connectivity index (χ1) is 7.39. The molecule has 1 aromatic rings. The number of ether oxygens (including phenoxy) is 1. The van der Waals surface area contributed by atoms with E-state index in [1.165, 1.54) is 0 Å². The van der Waals surface area contributed by atoms with E-state index in [1.54, 1.807) is 22.6 Å². The Balaban J connectivity index is 3.21. The Labute approximate surface area is 101 Å². The Morgan fingerprint density at radius 1 is 1.50 bits per heavy atom. The first-order valence-electron chi connectivity index (χ1n) is 3.83. The Morgan fingerprint density at radius 3 is 2.56 bits per heavy atom.